The first-order chi connectivity index (χ1) is 6.90. The minimum atomic E-state index is -0.0920. The Bertz CT molecular complexity index is 184. The minimum Gasteiger partial charge on any atom is -0.349 e. The molecule has 0 aromatic rings. The van der Waals surface area contributed by atoms with Crippen LogP contribution in [0.15, 0.2) is 12.2 Å². The predicted octanol–water partition coefficient (Wildman–Crippen LogP) is 2.74. The first-order valence-electron chi connectivity index (χ1n) is 5.76. The van der Waals surface area contributed by atoms with Gasteiger partial charge < -0.3 is 9.47 Å². The van der Waals surface area contributed by atoms with Gasteiger partial charge >= 0.3 is 0 Å². The first kappa shape index (κ1) is 10.2. The van der Waals surface area contributed by atoms with Crippen LogP contribution in [-0.2, 0) is 9.47 Å². The van der Waals surface area contributed by atoms with Gasteiger partial charge in [0, 0.05) is 0 Å². The Balaban J connectivity index is 1.92. The lowest BCUT2D eigenvalue weighted by Gasteiger charge is -2.27. The summed E-state index contributed by atoms with van der Waals surface area (Å²) in [6.07, 6.45) is 9.31. The van der Waals surface area contributed by atoms with Crippen LogP contribution in [0, 0.1) is 11.8 Å². The van der Waals surface area contributed by atoms with E-state index in [0.717, 1.165) is 25.0 Å². The Morgan fingerprint density at radius 1 is 1.00 bits per heavy atom. The average molecular weight is 196 g/mol. The van der Waals surface area contributed by atoms with Gasteiger partial charge in [0.2, 0.25) is 0 Å². The second kappa shape index (κ2) is 4.94. The summed E-state index contributed by atoms with van der Waals surface area (Å²) in [6.45, 7) is 3.78. The van der Waals surface area contributed by atoms with Gasteiger partial charge in [-0.25, -0.2) is 0 Å². The zero-order chi connectivity index (χ0) is 9.80. The maximum atomic E-state index is 5.70. The van der Waals surface area contributed by atoms with E-state index < -0.39 is 0 Å². The maximum absolute atomic E-state index is 5.70. The molecule has 1 aliphatic carbocycles. The molecule has 1 saturated carbocycles. The van der Waals surface area contributed by atoms with Crippen molar-refractivity contribution in [1.29, 1.82) is 0 Å². The molecule has 1 heterocycles. The molecule has 0 radical (unpaired) electrons. The molecular weight excluding hydrogens is 176 g/mol. The second-order valence-corrected chi connectivity index (χ2v) is 4.37. The number of rotatable bonds is 1. The Hall–Kier alpha value is -0.340. The zero-order valence-corrected chi connectivity index (χ0v) is 8.95. The fourth-order valence-corrected chi connectivity index (χ4v) is 2.48. The normalized spacial score (nSPS) is 39.4. The van der Waals surface area contributed by atoms with Crippen molar-refractivity contribution < 1.29 is 9.47 Å². The lowest BCUT2D eigenvalue weighted by molar-refractivity contribution is -0.0970. The van der Waals surface area contributed by atoms with E-state index in [0.29, 0.717) is 0 Å². The molecule has 14 heavy (non-hydrogen) atoms. The summed E-state index contributed by atoms with van der Waals surface area (Å²) in [5.74, 6) is 1.50. The second-order valence-electron chi connectivity index (χ2n) is 4.37. The number of allylic oxidation sites excluding steroid dienone is 1. The van der Waals surface area contributed by atoms with E-state index in [1.807, 2.05) is 19.1 Å². The third-order valence-electron chi connectivity index (χ3n) is 3.37. The molecule has 0 aromatic heterocycles. The summed E-state index contributed by atoms with van der Waals surface area (Å²) >= 11 is 0. The molecule has 2 unspecified atom stereocenters. The summed E-state index contributed by atoms with van der Waals surface area (Å²) in [5.41, 5.74) is 0. The van der Waals surface area contributed by atoms with Crippen LogP contribution in [0.4, 0.5) is 0 Å². The van der Waals surface area contributed by atoms with Gasteiger partial charge in [0.25, 0.3) is 0 Å². The van der Waals surface area contributed by atoms with Crippen LogP contribution >= 0.6 is 0 Å². The molecule has 0 N–H and O–H groups in total. The van der Waals surface area contributed by atoms with Crippen molar-refractivity contribution in [3.05, 3.63) is 12.2 Å². The summed E-state index contributed by atoms with van der Waals surface area (Å²) in [7, 11) is 0. The van der Waals surface area contributed by atoms with Crippen molar-refractivity contribution in [3.63, 3.8) is 0 Å². The van der Waals surface area contributed by atoms with Gasteiger partial charge in [0.15, 0.2) is 6.29 Å². The summed E-state index contributed by atoms with van der Waals surface area (Å²) in [4.78, 5) is 0. The lowest BCUT2D eigenvalue weighted by atomic mass is 9.80. The Kier molecular flexibility index (Phi) is 3.60. The topological polar surface area (TPSA) is 18.5 Å². The molecule has 2 nitrogen and oxygen atoms in total. The van der Waals surface area contributed by atoms with Crippen LogP contribution < -0.4 is 0 Å². The van der Waals surface area contributed by atoms with E-state index in [1.165, 1.54) is 25.7 Å². The van der Waals surface area contributed by atoms with Crippen molar-refractivity contribution in [2.45, 2.75) is 38.9 Å². The Morgan fingerprint density at radius 2 is 1.57 bits per heavy atom. The SMILES string of the molecule is C/C=C/C1OCC2CCCCC2CO1. The number of fused-ring (bicyclic) bond motifs is 1. The molecule has 2 aliphatic rings. The van der Waals surface area contributed by atoms with Gasteiger partial charge in [-0.1, -0.05) is 18.9 Å². The highest BCUT2D eigenvalue weighted by Gasteiger charge is 2.29. The largest absolute Gasteiger partial charge is 0.349 e. The van der Waals surface area contributed by atoms with E-state index in [-0.39, 0.29) is 6.29 Å². The van der Waals surface area contributed by atoms with Crippen molar-refractivity contribution in [1.82, 2.24) is 0 Å². The Labute approximate surface area is 86.3 Å². The summed E-state index contributed by atoms with van der Waals surface area (Å²) in [5, 5.41) is 0. The monoisotopic (exact) mass is 196 g/mol. The highest BCUT2D eigenvalue weighted by Crippen LogP contribution is 2.32. The van der Waals surface area contributed by atoms with Crippen molar-refractivity contribution in [2.24, 2.45) is 11.8 Å². The van der Waals surface area contributed by atoms with Crippen LogP contribution in [0.5, 0.6) is 0 Å². The highest BCUT2D eigenvalue weighted by atomic mass is 16.7. The van der Waals surface area contributed by atoms with E-state index >= 15 is 0 Å². The molecule has 1 saturated heterocycles. The molecule has 2 fully saturated rings. The van der Waals surface area contributed by atoms with Gasteiger partial charge in [-0.3, -0.25) is 0 Å². The molecule has 0 spiro atoms. The van der Waals surface area contributed by atoms with Gasteiger partial charge in [0.05, 0.1) is 13.2 Å². The number of hydrogen-bond donors (Lipinski definition) is 0. The average Bonchev–Trinajstić information content (AvgIpc) is 2.42. The Morgan fingerprint density at radius 3 is 2.07 bits per heavy atom. The molecule has 2 atom stereocenters. The van der Waals surface area contributed by atoms with Gasteiger partial charge in [-0.15, -0.1) is 0 Å². The van der Waals surface area contributed by atoms with E-state index in [9.17, 15) is 0 Å². The van der Waals surface area contributed by atoms with Gasteiger partial charge in [-0.2, -0.15) is 0 Å². The fraction of sp³-hybridized carbons (Fsp3) is 0.833. The predicted molar refractivity (Wildman–Crippen MR) is 56.0 cm³/mol. The van der Waals surface area contributed by atoms with E-state index in [2.05, 4.69) is 0 Å². The fourth-order valence-electron chi connectivity index (χ4n) is 2.48. The molecule has 0 bridgehead atoms. The maximum Gasteiger partial charge on any atom is 0.176 e. The van der Waals surface area contributed by atoms with Crippen LogP contribution in [0.25, 0.3) is 0 Å². The standard InChI is InChI=1S/C12H20O2/c1-2-5-12-13-8-10-6-3-4-7-11(10)9-14-12/h2,5,10-12H,3-4,6-9H2,1H3/b5-2+. The zero-order valence-electron chi connectivity index (χ0n) is 8.95. The molecule has 0 amide bonds. The smallest absolute Gasteiger partial charge is 0.176 e. The molecule has 2 heteroatoms. The van der Waals surface area contributed by atoms with Gasteiger partial charge in [-0.05, 0) is 37.7 Å². The lowest BCUT2D eigenvalue weighted by Crippen LogP contribution is -2.24. The molecule has 0 aromatic carbocycles. The molecule has 2 rings (SSSR count). The third-order valence-corrected chi connectivity index (χ3v) is 3.37. The van der Waals surface area contributed by atoms with Gasteiger partial charge in [0.1, 0.15) is 0 Å². The van der Waals surface area contributed by atoms with Crippen molar-refractivity contribution in [2.75, 3.05) is 13.2 Å². The summed E-state index contributed by atoms with van der Waals surface area (Å²) in [6, 6.07) is 0. The van der Waals surface area contributed by atoms with Crippen LogP contribution in [-0.4, -0.2) is 19.5 Å². The first-order valence-corrected chi connectivity index (χ1v) is 5.76. The van der Waals surface area contributed by atoms with Crippen molar-refractivity contribution >= 4 is 0 Å². The quantitative estimate of drug-likeness (QED) is 0.600. The molecule has 80 valence electrons. The van der Waals surface area contributed by atoms with Crippen LogP contribution in [0.2, 0.25) is 0 Å². The van der Waals surface area contributed by atoms with Crippen molar-refractivity contribution in [3.8, 4) is 0 Å². The van der Waals surface area contributed by atoms with Crippen LogP contribution in [0.3, 0.4) is 0 Å². The molecular formula is C12H20O2. The minimum absolute atomic E-state index is 0.0920. The van der Waals surface area contributed by atoms with E-state index in [4.69, 9.17) is 9.47 Å². The van der Waals surface area contributed by atoms with E-state index in [1.54, 1.807) is 0 Å². The number of ether oxygens (including phenoxy) is 2. The summed E-state index contributed by atoms with van der Waals surface area (Å²) < 4.78 is 11.4. The van der Waals surface area contributed by atoms with Crippen LogP contribution in [0.1, 0.15) is 32.6 Å². The molecule has 1 aliphatic heterocycles. The highest BCUT2D eigenvalue weighted by molar-refractivity contribution is 4.85. The number of hydrogen-bond acceptors (Lipinski definition) is 2. The third kappa shape index (κ3) is 2.37.